The highest BCUT2D eigenvalue weighted by molar-refractivity contribution is 5.94. The zero-order valence-corrected chi connectivity index (χ0v) is 20.9. The molecular weight excluding hydrogens is 424 g/mol. The summed E-state index contributed by atoms with van der Waals surface area (Å²) >= 11 is 0. The van der Waals surface area contributed by atoms with Crippen molar-refractivity contribution in [2.45, 2.75) is 52.9 Å². The Labute approximate surface area is 204 Å². The van der Waals surface area contributed by atoms with Crippen LogP contribution in [0.2, 0.25) is 0 Å². The number of unbranched alkanes of at least 4 members (excludes halogenated alkanes) is 1. The molecule has 0 amide bonds. The Morgan fingerprint density at radius 3 is 2.76 bits per heavy atom. The van der Waals surface area contributed by atoms with Gasteiger partial charge in [0.25, 0.3) is 0 Å². The minimum atomic E-state index is 0.169. The van der Waals surface area contributed by atoms with Crippen molar-refractivity contribution in [3.05, 3.63) is 59.1 Å². The zero-order valence-electron chi connectivity index (χ0n) is 20.9. The van der Waals surface area contributed by atoms with E-state index in [0.717, 1.165) is 43.2 Å². The van der Waals surface area contributed by atoms with Gasteiger partial charge < -0.3 is 20.2 Å². The molecule has 0 saturated carbocycles. The molecule has 2 rings (SSSR count). The summed E-state index contributed by atoms with van der Waals surface area (Å²) < 4.78 is 11.6. The third-order valence-corrected chi connectivity index (χ3v) is 5.44. The summed E-state index contributed by atoms with van der Waals surface area (Å²) in [6.07, 6.45) is 14.3. The molecule has 34 heavy (non-hydrogen) atoms. The minimum absolute atomic E-state index is 0.169. The van der Waals surface area contributed by atoms with Crippen molar-refractivity contribution in [2.75, 3.05) is 20.3 Å². The lowest BCUT2D eigenvalue weighted by Crippen LogP contribution is -2.23. The Balaban J connectivity index is 2.29. The number of benzene rings is 1. The Bertz CT molecular complexity index is 961. The summed E-state index contributed by atoms with van der Waals surface area (Å²) in [6.45, 7) is 7.88. The van der Waals surface area contributed by atoms with Gasteiger partial charge in [-0.05, 0) is 55.4 Å². The molecular formula is C28H38N4O2. The van der Waals surface area contributed by atoms with Crippen LogP contribution in [-0.2, 0) is 4.74 Å². The standard InChI is InChI=1S/C28H38N4O2/c1-5-6-13-32-20-23(16-21(2)3)8-10-25-9-7-22(19-29)17-27(25)34-28(31-4)18-26(30)24-11-14-33-15-12-24/h7-10,13,17-18,20-21,24,30-31H,5-6,11-12,14-16H2,1-4H3/b10-8-,23-20+,28-18+,30-26?,32-13-. The minimum Gasteiger partial charge on any atom is -0.441 e. The molecule has 182 valence electrons. The molecule has 0 unspecified atom stereocenters. The SMILES string of the molecule is CCC\C=N/C=C(\C=C/c1ccc(C#N)cc1O/C(=C/C(=N)C1CCOCC1)NC)CC(C)C. The van der Waals surface area contributed by atoms with Crippen molar-refractivity contribution in [2.24, 2.45) is 16.8 Å². The second-order valence-electron chi connectivity index (χ2n) is 8.82. The molecule has 0 aliphatic carbocycles. The molecule has 1 aliphatic rings. The molecule has 1 heterocycles. The predicted octanol–water partition coefficient (Wildman–Crippen LogP) is 6.26. The van der Waals surface area contributed by atoms with Gasteiger partial charge in [-0.2, -0.15) is 5.26 Å². The smallest absolute Gasteiger partial charge is 0.195 e. The fraction of sp³-hybridized carbons (Fsp3) is 0.464. The van der Waals surface area contributed by atoms with Crippen molar-refractivity contribution in [1.29, 1.82) is 10.7 Å². The van der Waals surface area contributed by atoms with Gasteiger partial charge in [0, 0.05) is 55.9 Å². The van der Waals surface area contributed by atoms with Crippen LogP contribution < -0.4 is 10.1 Å². The summed E-state index contributed by atoms with van der Waals surface area (Å²) in [4.78, 5) is 4.45. The molecule has 0 atom stereocenters. The molecule has 0 radical (unpaired) electrons. The van der Waals surface area contributed by atoms with Crippen LogP contribution in [0, 0.1) is 28.6 Å². The summed E-state index contributed by atoms with van der Waals surface area (Å²) in [7, 11) is 1.77. The highest BCUT2D eigenvalue weighted by atomic mass is 16.5. The average Bonchev–Trinajstić information content (AvgIpc) is 2.85. The van der Waals surface area contributed by atoms with Gasteiger partial charge >= 0.3 is 0 Å². The van der Waals surface area contributed by atoms with Crippen LogP contribution in [0.25, 0.3) is 6.08 Å². The highest BCUT2D eigenvalue weighted by Crippen LogP contribution is 2.25. The quantitative estimate of drug-likeness (QED) is 0.218. The number of rotatable bonds is 12. The van der Waals surface area contributed by atoms with Gasteiger partial charge in [-0.1, -0.05) is 39.3 Å². The van der Waals surface area contributed by atoms with Crippen LogP contribution >= 0.6 is 0 Å². The van der Waals surface area contributed by atoms with E-state index in [4.69, 9.17) is 14.9 Å². The molecule has 6 nitrogen and oxygen atoms in total. The molecule has 6 heteroatoms. The van der Waals surface area contributed by atoms with Gasteiger partial charge in [-0.3, -0.25) is 4.99 Å². The number of hydrogen-bond acceptors (Lipinski definition) is 6. The highest BCUT2D eigenvalue weighted by Gasteiger charge is 2.18. The van der Waals surface area contributed by atoms with Gasteiger partial charge in [0.1, 0.15) is 5.75 Å². The van der Waals surface area contributed by atoms with Gasteiger partial charge in [-0.15, -0.1) is 0 Å². The monoisotopic (exact) mass is 462 g/mol. The summed E-state index contributed by atoms with van der Waals surface area (Å²) in [5.74, 6) is 1.71. The summed E-state index contributed by atoms with van der Waals surface area (Å²) in [5.41, 5.74) is 3.02. The number of aliphatic imine (C=N–C) groups is 1. The first-order valence-electron chi connectivity index (χ1n) is 12.1. The topological polar surface area (TPSA) is 90.5 Å². The van der Waals surface area contributed by atoms with Crippen LogP contribution in [0.1, 0.15) is 64.0 Å². The lowest BCUT2D eigenvalue weighted by atomic mass is 9.94. The van der Waals surface area contributed by atoms with E-state index in [1.807, 2.05) is 24.6 Å². The first-order chi connectivity index (χ1) is 16.5. The summed E-state index contributed by atoms with van der Waals surface area (Å²) in [6, 6.07) is 7.57. The fourth-order valence-electron chi connectivity index (χ4n) is 3.55. The van der Waals surface area contributed by atoms with E-state index in [2.05, 4.69) is 43.2 Å². The number of nitrogens with one attached hydrogen (secondary N) is 2. The third kappa shape index (κ3) is 9.36. The van der Waals surface area contributed by atoms with Crippen LogP contribution in [0.15, 0.2) is 53.0 Å². The van der Waals surface area contributed by atoms with E-state index in [-0.39, 0.29) is 5.92 Å². The van der Waals surface area contributed by atoms with Crippen LogP contribution in [0.4, 0.5) is 0 Å². The van der Waals surface area contributed by atoms with E-state index in [9.17, 15) is 5.26 Å². The van der Waals surface area contributed by atoms with E-state index in [0.29, 0.717) is 42.0 Å². The van der Waals surface area contributed by atoms with E-state index >= 15 is 0 Å². The molecule has 0 bridgehead atoms. The van der Waals surface area contributed by atoms with Crippen molar-refractivity contribution in [1.82, 2.24) is 5.32 Å². The number of nitriles is 1. The van der Waals surface area contributed by atoms with Crippen molar-refractivity contribution >= 4 is 18.0 Å². The number of ether oxygens (including phenoxy) is 2. The number of nitrogens with zero attached hydrogens (tertiary/aromatic N) is 2. The molecule has 1 fully saturated rings. The Kier molecular flexibility index (Phi) is 11.8. The molecule has 2 N–H and O–H groups in total. The zero-order chi connectivity index (χ0) is 24.8. The van der Waals surface area contributed by atoms with E-state index in [1.165, 1.54) is 0 Å². The fourth-order valence-corrected chi connectivity index (χ4v) is 3.55. The van der Waals surface area contributed by atoms with Crippen molar-refractivity contribution < 1.29 is 9.47 Å². The second-order valence-corrected chi connectivity index (χ2v) is 8.82. The van der Waals surface area contributed by atoms with Gasteiger partial charge in [-0.25, -0.2) is 0 Å². The molecule has 1 saturated heterocycles. The van der Waals surface area contributed by atoms with Crippen LogP contribution in [-0.4, -0.2) is 32.2 Å². The lowest BCUT2D eigenvalue weighted by molar-refractivity contribution is 0.0828. The molecule has 1 aromatic rings. The summed E-state index contributed by atoms with van der Waals surface area (Å²) in [5, 5.41) is 20.9. The molecule has 1 aliphatic heterocycles. The maximum Gasteiger partial charge on any atom is 0.195 e. The normalized spacial score (nSPS) is 15.8. The lowest BCUT2D eigenvalue weighted by Gasteiger charge is -2.22. The molecule has 0 spiro atoms. The molecule has 0 aromatic heterocycles. The van der Waals surface area contributed by atoms with Gasteiger partial charge in [0.05, 0.1) is 11.6 Å². The van der Waals surface area contributed by atoms with Crippen molar-refractivity contribution in [3.8, 4) is 11.8 Å². The van der Waals surface area contributed by atoms with Gasteiger partial charge in [0.15, 0.2) is 5.88 Å². The number of allylic oxidation sites excluding steroid dienone is 3. The second kappa shape index (κ2) is 14.9. The predicted molar refractivity (Wildman–Crippen MR) is 140 cm³/mol. The van der Waals surface area contributed by atoms with Gasteiger partial charge in [0.2, 0.25) is 0 Å². The first kappa shape index (κ1) is 27.1. The number of hydrogen-bond donors (Lipinski definition) is 2. The third-order valence-electron chi connectivity index (χ3n) is 5.44. The Morgan fingerprint density at radius 2 is 2.12 bits per heavy atom. The van der Waals surface area contributed by atoms with E-state index < -0.39 is 0 Å². The Hall–Kier alpha value is -3.17. The van der Waals surface area contributed by atoms with Crippen molar-refractivity contribution in [3.63, 3.8) is 0 Å². The maximum atomic E-state index is 9.39. The first-order valence-corrected chi connectivity index (χ1v) is 12.1. The maximum absolute atomic E-state index is 9.39. The largest absolute Gasteiger partial charge is 0.441 e. The molecule has 1 aromatic carbocycles. The van der Waals surface area contributed by atoms with Crippen LogP contribution in [0.5, 0.6) is 5.75 Å². The van der Waals surface area contributed by atoms with Crippen LogP contribution in [0.3, 0.4) is 0 Å². The Morgan fingerprint density at radius 1 is 1.35 bits per heavy atom. The van der Waals surface area contributed by atoms with E-state index in [1.54, 1.807) is 25.3 Å². The average molecular weight is 463 g/mol.